The van der Waals surface area contributed by atoms with E-state index in [1.807, 2.05) is 26.0 Å². The van der Waals surface area contributed by atoms with E-state index in [4.69, 9.17) is 9.47 Å². The molecule has 0 amide bonds. The van der Waals surface area contributed by atoms with Gasteiger partial charge in [0.1, 0.15) is 0 Å². The van der Waals surface area contributed by atoms with Gasteiger partial charge in [-0.25, -0.2) is 0 Å². The number of hydrogen-bond acceptors (Lipinski definition) is 4. The summed E-state index contributed by atoms with van der Waals surface area (Å²) in [5, 5.41) is 0. The molecule has 0 aromatic heterocycles. The first-order chi connectivity index (χ1) is 15.6. The van der Waals surface area contributed by atoms with E-state index in [-0.39, 0.29) is 11.9 Å². The van der Waals surface area contributed by atoms with E-state index < -0.39 is 11.8 Å². The molecule has 0 heterocycles. The zero-order valence-corrected chi connectivity index (χ0v) is 21.2. The maximum absolute atomic E-state index is 12.5. The predicted octanol–water partition coefficient (Wildman–Crippen LogP) is 7.79. The van der Waals surface area contributed by atoms with E-state index >= 15 is 0 Å². The van der Waals surface area contributed by atoms with E-state index in [0.29, 0.717) is 32.0 Å². The van der Waals surface area contributed by atoms with Crippen molar-refractivity contribution < 1.29 is 19.1 Å². The predicted molar refractivity (Wildman–Crippen MR) is 132 cm³/mol. The number of esters is 2. The van der Waals surface area contributed by atoms with Crippen LogP contribution < -0.4 is 0 Å². The fourth-order valence-corrected chi connectivity index (χ4v) is 4.27. The van der Waals surface area contributed by atoms with Crippen LogP contribution >= 0.6 is 0 Å². The summed E-state index contributed by atoms with van der Waals surface area (Å²) in [6.07, 6.45) is 23.4. The van der Waals surface area contributed by atoms with Crippen LogP contribution in [0.2, 0.25) is 0 Å². The van der Waals surface area contributed by atoms with Crippen molar-refractivity contribution in [2.75, 3.05) is 13.2 Å². The summed E-state index contributed by atoms with van der Waals surface area (Å²) < 4.78 is 10.9. The van der Waals surface area contributed by atoms with Crippen molar-refractivity contribution in [1.82, 2.24) is 0 Å². The van der Waals surface area contributed by atoms with Gasteiger partial charge in [0.05, 0.1) is 25.0 Å². The average Bonchev–Trinajstić information content (AvgIpc) is 2.79. The highest BCUT2D eigenvalue weighted by Gasteiger charge is 2.36. The first-order valence-electron chi connectivity index (χ1n) is 13.5. The summed E-state index contributed by atoms with van der Waals surface area (Å²) in [6.45, 7) is 7.16. The van der Waals surface area contributed by atoms with Crippen LogP contribution in [0.4, 0.5) is 0 Å². The lowest BCUT2D eigenvalue weighted by Gasteiger charge is -2.25. The van der Waals surface area contributed by atoms with Crippen molar-refractivity contribution in [2.24, 2.45) is 17.8 Å². The van der Waals surface area contributed by atoms with Gasteiger partial charge in [-0.05, 0) is 25.2 Å². The molecule has 0 aromatic carbocycles. The number of unbranched alkanes of at least 4 members (excludes halogenated alkanes) is 13. The van der Waals surface area contributed by atoms with E-state index in [9.17, 15) is 9.59 Å². The molecular formula is C28H50O4. The van der Waals surface area contributed by atoms with Gasteiger partial charge in [0.15, 0.2) is 0 Å². The van der Waals surface area contributed by atoms with Gasteiger partial charge in [-0.3, -0.25) is 9.59 Å². The fourth-order valence-electron chi connectivity index (χ4n) is 4.27. The van der Waals surface area contributed by atoms with Crippen molar-refractivity contribution in [2.45, 2.75) is 124 Å². The summed E-state index contributed by atoms with van der Waals surface area (Å²) in [4.78, 5) is 24.9. The zero-order chi connectivity index (χ0) is 23.4. The van der Waals surface area contributed by atoms with Crippen molar-refractivity contribution >= 4 is 11.9 Å². The summed E-state index contributed by atoms with van der Waals surface area (Å²) in [5.74, 6) is -1.00. The topological polar surface area (TPSA) is 52.6 Å². The standard InChI is InChI=1S/C28H50O4/c1-4-5-6-7-8-9-10-11-12-13-14-15-16-19-22-31-27(29)25-20-17-18-21-26(25)28(30)32-23-24(2)3/h17-18,24-26H,4-16,19-23H2,1-3H3. The van der Waals surface area contributed by atoms with Crippen LogP contribution in [0.5, 0.6) is 0 Å². The molecular weight excluding hydrogens is 400 g/mol. The minimum absolute atomic E-state index is 0.240. The number of ether oxygens (including phenoxy) is 2. The van der Waals surface area contributed by atoms with Gasteiger partial charge >= 0.3 is 11.9 Å². The molecule has 0 spiro atoms. The van der Waals surface area contributed by atoms with Gasteiger partial charge in [-0.15, -0.1) is 0 Å². The third kappa shape index (κ3) is 14.0. The van der Waals surface area contributed by atoms with Gasteiger partial charge in [0.2, 0.25) is 0 Å². The number of allylic oxidation sites excluding steroid dienone is 2. The van der Waals surface area contributed by atoms with Crippen LogP contribution in [0.25, 0.3) is 0 Å². The van der Waals surface area contributed by atoms with Crippen LogP contribution in [0.15, 0.2) is 12.2 Å². The third-order valence-electron chi connectivity index (χ3n) is 6.34. The minimum Gasteiger partial charge on any atom is -0.465 e. The summed E-state index contributed by atoms with van der Waals surface area (Å²) in [7, 11) is 0. The molecule has 0 saturated heterocycles. The lowest BCUT2D eigenvalue weighted by molar-refractivity contribution is -0.161. The summed E-state index contributed by atoms with van der Waals surface area (Å²) >= 11 is 0. The molecule has 2 unspecified atom stereocenters. The number of rotatable bonds is 19. The number of hydrogen-bond donors (Lipinski definition) is 0. The first kappa shape index (κ1) is 28.7. The monoisotopic (exact) mass is 450 g/mol. The highest BCUT2D eigenvalue weighted by molar-refractivity contribution is 5.82. The maximum Gasteiger partial charge on any atom is 0.310 e. The van der Waals surface area contributed by atoms with Gasteiger partial charge in [0, 0.05) is 0 Å². The smallest absolute Gasteiger partial charge is 0.310 e. The largest absolute Gasteiger partial charge is 0.465 e. The Kier molecular flexibility index (Phi) is 17.2. The van der Waals surface area contributed by atoms with E-state index in [1.54, 1.807) is 0 Å². The molecule has 0 radical (unpaired) electrons. The molecule has 0 bridgehead atoms. The minimum atomic E-state index is -0.400. The fraction of sp³-hybridized carbons (Fsp3) is 0.857. The molecule has 186 valence electrons. The van der Waals surface area contributed by atoms with Crippen molar-refractivity contribution in [3.05, 3.63) is 12.2 Å². The van der Waals surface area contributed by atoms with Crippen molar-refractivity contribution in [1.29, 1.82) is 0 Å². The van der Waals surface area contributed by atoms with Crippen LogP contribution in [0.1, 0.15) is 124 Å². The molecule has 1 rings (SSSR count). The van der Waals surface area contributed by atoms with Crippen LogP contribution in [0, 0.1) is 17.8 Å². The van der Waals surface area contributed by atoms with E-state index in [0.717, 1.165) is 12.8 Å². The Morgan fingerprint density at radius 2 is 1.09 bits per heavy atom. The Morgan fingerprint density at radius 1 is 0.688 bits per heavy atom. The Bertz CT molecular complexity index is 512. The normalized spacial score (nSPS) is 18.1. The Labute approximate surface area is 197 Å². The summed E-state index contributed by atoms with van der Waals surface area (Å²) in [5.41, 5.74) is 0. The molecule has 1 aliphatic rings. The van der Waals surface area contributed by atoms with E-state index in [1.165, 1.54) is 77.0 Å². The SMILES string of the molecule is CCCCCCCCCCCCCCCCOC(=O)C1CC=CCC1C(=O)OCC(C)C. The van der Waals surface area contributed by atoms with Crippen molar-refractivity contribution in [3.63, 3.8) is 0 Å². The Balaban J connectivity index is 2.02. The van der Waals surface area contributed by atoms with Crippen molar-refractivity contribution in [3.8, 4) is 0 Å². The second-order valence-corrected chi connectivity index (χ2v) is 9.94. The second kappa shape index (κ2) is 19.2. The summed E-state index contributed by atoms with van der Waals surface area (Å²) in [6, 6.07) is 0. The number of carbonyl (C=O) groups is 2. The zero-order valence-electron chi connectivity index (χ0n) is 21.2. The quantitative estimate of drug-likeness (QED) is 0.114. The molecule has 4 heteroatoms. The van der Waals surface area contributed by atoms with E-state index in [2.05, 4.69) is 6.92 Å². The molecule has 0 N–H and O–H groups in total. The molecule has 1 aliphatic carbocycles. The Hall–Kier alpha value is -1.32. The highest BCUT2D eigenvalue weighted by atomic mass is 16.5. The van der Waals surface area contributed by atoms with Gasteiger partial charge in [-0.1, -0.05) is 116 Å². The molecule has 0 fully saturated rings. The van der Waals surface area contributed by atoms with Crippen LogP contribution in [0.3, 0.4) is 0 Å². The highest BCUT2D eigenvalue weighted by Crippen LogP contribution is 2.28. The molecule has 4 nitrogen and oxygen atoms in total. The molecule has 0 aliphatic heterocycles. The third-order valence-corrected chi connectivity index (χ3v) is 6.34. The second-order valence-electron chi connectivity index (χ2n) is 9.94. The molecule has 32 heavy (non-hydrogen) atoms. The number of carbonyl (C=O) groups excluding carboxylic acids is 2. The van der Waals surface area contributed by atoms with Gasteiger partial charge in [0.25, 0.3) is 0 Å². The molecule has 2 atom stereocenters. The lowest BCUT2D eigenvalue weighted by atomic mass is 9.83. The van der Waals surface area contributed by atoms with Crippen LogP contribution in [-0.4, -0.2) is 25.2 Å². The lowest BCUT2D eigenvalue weighted by Crippen LogP contribution is -2.34. The van der Waals surface area contributed by atoms with Gasteiger partial charge in [-0.2, -0.15) is 0 Å². The molecule has 0 aromatic rings. The maximum atomic E-state index is 12.5. The molecule has 0 saturated carbocycles. The van der Waals surface area contributed by atoms with Crippen LogP contribution in [-0.2, 0) is 19.1 Å². The average molecular weight is 451 g/mol. The first-order valence-corrected chi connectivity index (χ1v) is 13.5. The Morgan fingerprint density at radius 3 is 1.53 bits per heavy atom. The van der Waals surface area contributed by atoms with Gasteiger partial charge < -0.3 is 9.47 Å².